The van der Waals surface area contributed by atoms with Crippen LogP contribution in [0.3, 0.4) is 0 Å². The van der Waals surface area contributed by atoms with Crippen LogP contribution in [0.15, 0.2) is 53.7 Å². The lowest BCUT2D eigenvalue weighted by Gasteiger charge is -2.08. The lowest BCUT2D eigenvalue weighted by atomic mass is 10.3. The van der Waals surface area contributed by atoms with E-state index < -0.39 is 5.97 Å². The maximum absolute atomic E-state index is 10.8. The van der Waals surface area contributed by atoms with Gasteiger partial charge in [0.1, 0.15) is 0 Å². The van der Waals surface area contributed by atoms with E-state index in [-0.39, 0.29) is 5.75 Å². The zero-order valence-electron chi connectivity index (χ0n) is 10.9. The van der Waals surface area contributed by atoms with Crippen molar-refractivity contribution in [2.45, 2.75) is 5.16 Å². The minimum absolute atomic E-state index is 0.00670. The van der Waals surface area contributed by atoms with Crippen LogP contribution in [0.5, 0.6) is 0 Å². The Labute approximate surface area is 139 Å². The van der Waals surface area contributed by atoms with Crippen molar-refractivity contribution in [2.75, 3.05) is 5.75 Å². The molecule has 2 aromatic carbocycles. The summed E-state index contributed by atoms with van der Waals surface area (Å²) >= 11 is 3.48. The van der Waals surface area contributed by atoms with Gasteiger partial charge in [0.2, 0.25) is 0 Å². The molecule has 1 aromatic heterocycles. The molecular weight excluding hydrogens is 399 g/mol. The van der Waals surface area contributed by atoms with Crippen molar-refractivity contribution in [1.82, 2.24) is 9.55 Å². The fraction of sp³-hybridized carbons (Fsp3) is 0.0667. The van der Waals surface area contributed by atoms with Gasteiger partial charge in [0.15, 0.2) is 5.16 Å². The molecular formula is C15H11IN2O2S. The normalized spacial score (nSPS) is 10.9. The Hall–Kier alpha value is -1.54. The van der Waals surface area contributed by atoms with E-state index in [1.54, 1.807) is 0 Å². The molecule has 0 spiro atoms. The topological polar surface area (TPSA) is 55.1 Å². The van der Waals surface area contributed by atoms with E-state index in [0.717, 1.165) is 20.3 Å². The Morgan fingerprint density at radius 3 is 2.71 bits per heavy atom. The van der Waals surface area contributed by atoms with Gasteiger partial charge >= 0.3 is 5.97 Å². The molecule has 0 bridgehead atoms. The molecule has 1 N–H and O–H groups in total. The highest BCUT2D eigenvalue weighted by Crippen LogP contribution is 2.28. The maximum atomic E-state index is 10.8. The Morgan fingerprint density at radius 2 is 2.00 bits per heavy atom. The average Bonchev–Trinajstić information content (AvgIpc) is 2.83. The predicted molar refractivity (Wildman–Crippen MR) is 92.1 cm³/mol. The van der Waals surface area contributed by atoms with Crippen molar-refractivity contribution in [3.05, 3.63) is 52.1 Å². The third kappa shape index (κ3) is 3.06. The van der Waals surface area contributed by atoms with E-state index >= 15 is 0 Å². The number of hydrogen-bond acceptors (Lipinski definition) is 3. The molecule has 0 fully saturated rings. The molecule has 0 saturated heterocycles. The Kier molecular flexibility index (Phi) is 4.16. The number of halogens is 1. The van der Waals surface area contributed by atoms with Crippen LogP contribution in [0.25, 0.3) is 16.7 Å². The number of fused-ring (bicyclic) bond motifs is 1. The summed E-state index contributed by atoms with van der Waals surface area (Å²) < 4.78 is 3.10. The Bertz CT molecular complexity index is 802. The number of para-hydroxylation sites is 1. The third-order valence-electron chi connectivity index (χ3n) is 2.92. The van der Waals surface area contributed by atoms with Gasteiger partial charge in [0, 0.05) is 9.26 Å². The monoisotopic (exact) mass is 410 g/mol. The molecule has 6 heteroatoms. The van der Waals surface area contributed by atoms with E-state index in [1.165, 1.54) is 11.8 Å². The van der Waals surface area contributed by atoms with Gasteiger partial charge in [-0.2, -0.15) is 0 Å². The smallest absolute Gasteiger partial charge is 0.313 e. The first-order chi connectivity index (χ1) is 10.1. The van der Waals surface area contributed by atoms with E-state index in [4.69, 9.17) is 5.11 Å². The van der Waals surface area contributed by atoms with Crippen LogP contribution >= 0.6 is 34.4 Å². The Balaban J connectivity index is 2.18. The van der Waals surface area contributed by atoms with Gasteiger partial charge in [-0.3, -0.25) is 9.36 Å². The highest BCUT2D eigenvalue weighted by atomic mass is 127. The second kappa shape index (κ2) is 6.07. The number of hydrogen-bond donors (Lipinski definition) is 1. The van der Waals surface area contributed by atoms with Crippen LogP contribution in [0, 0.1) is 3.57 Å². The van der Waals surface area contributed by atoms with Crippen LogP contribution < -0.4 is 0 Å². The van der Waals surface area contributed by atoms with Crippen LogP contribution in [0.4, 0.5) is 0 Å². The molecule has 0 amide bonds. The molecule has 0 atom stereocenters. The van der Waals surface area contributed by atoms with Crippen molar-refractivity contribution in [2.24, 2.45) is 0 Å². The SMILES string of the molecule is O=C(O)CSc1nc2cc(I)ccc2n1-c1ccccc1. The first-order valence-electron chi connectivity index (χ1n) is 6.23. The molecule has 4 nitrogen and oxygen atoms in total. The van der Waals surface area contributed by atoms with Crippen LogP contribution in [0.2, 0.25) is 0 Å². The van der Waals surface area contributed by atoms with E-state index in [2.05, 4.69) is 27.6 Å². The van der Waals surface area contributed by atoms with Crippen molar-refractivity contribution >= 4 is 51.4 Å². The zero-order valence-corrected chi connectivity index (χ0v) is 13.8. The predicted octanol–water partition coefficient (Wildman–Crippen LogP) is 3.81. The molecule has 0 aliphatic heterocycles. The van der Waals surface area contributed by atoms with Gasteiger partial charge in [-0.15, -0.1) is 0 Å². The summed E-state index contributed by atoms with van der Waals surface area (Å²) in [7, 11) is 0. The van der Waals surface area contributed by atoms with Crippen molar-refractivity contribution in [1.29, 1.82) is 0 Å². The van der Waals surface area contributed by atoms with E-state index in [0.29, 0.717) is 5.16 Å². The summed E-state index contributed by atoms with van der Waals surface area (Å²) in [5, 5.41) is 9.59. The summed E-state index contributed by atoms with van der Waals surface area (Å²) in [6, 6.07) is 15.9. The number of aliphatic carboxylic acids is 1. The molecule has 21 heavy (non-hydrogen) atoms. The van der Waals surface area contributed by atoms with Gasteiger partial charge in [0.05, 0.1) is 16.8 Å². The Morgan fingerprint density at radius 1 is 1.24 bits per heavy atom. The lowest BCUT2D eigenvalue weighted by Crippen LogP contribution is -2.01. The summed E-state index contributed by atoms with van der Waals surface area (Å²) in [4.78, 5) is 15.4. The molecule has 1 heterocycles. The number of thioether (sulfide) groups is 1. The second-order valence-electron chi connectivity index (χ2n) is 4.38. The summed E-state index contributed by atoms with van der Waals surface area (Å²) in [6.07, 6.45) is 0. The van der Waals surface area contributed by atoms with Gasteiger partial charge in [-0.05, 0) is 52.9 Å². The fourth-order valence-electron chi connectivity index (χ4n) is 2.08. The minimum atomic E-state index is -0.846. The molecule has 0 radical (unpaired) electrons. The summed E-state index contributed by atoms with van der Waals surface area (Å²) in [5.41, 5.74) is 2.84. The van der Waals surface area contributed by atoms with Crippen LogP contribution in [-0.2, 0) is 4.79 Å². The molecule has 106 valence electrons. The fourth-order valence-corrected chi connectivity index (χ4v) is 3.30. The number of imidazole rings is 1. The van der Waals surface area contributed by atoms with E-state index in [1.807, 2.05) is 53.1 Å². The highest BCUT2D eigenvalue weighted by molar-refractivity contribution is 14.1. The number of carbonyl (C=O) groups is 1. The quantitative estimate of drug-likeness (QED) is 0.525. The summed E-state index contributed by atoms with van der Waals surface area (Å²) in [5.74, 6) is -0.853. The molecule has 0 aliphatic carbocycles. The number of carboxylic acids is 1. The number of nitrogens with zero attached hydrogens (tertiary/aromatic N) is 2. The largest absolute Gasteiger partial charge is 0.481 e. The number of rotatable bonds is 4. The summed E-state index contributed by atoms with van der Waals surface area (Å²) in [6.45, 7) is 0. The van der Waals surface area contributed by atoms with Crippen molar-refractivity contribution in [3.63, 3.8) is 0 Å². The van der Waals surface area contributed by atoms with E-state index in [9.17, 15) is 4.79 Å². The van der Waals surface area contributed by atoms with Gasteiger partial charge in [-0.1, -0.05) is 30.0 Å². The maximum Gasteiger partial charge on any atom is 0.313 e. The lowest BCUT2D eigenvalue weighted by molar-refractivity contribution is -0.133. The van der Waals surface area contributed by atoms with Crippen LogP contribution in [-0.4, -0.2) is 26.4 Å². The van der Waals surface area contributed by atoms with Gasteiger partial charge in [0.25, 0.3) is 0 Å². The standard InChI is InChI=1S/C15H11IN2O2S/c16-10-6-7-13-12(8-10)17-15(21-9-14(19)20)18(13)11-4-2-1-3-5-11/h1-8H,9H2,(H,19,20). The minimum Gasteiger partial charge on any atom is -0.481 e. The number of benzene rings is 2. The zero-order chi connectivity index (χ0) is 14.8. The molecule has 0 unspecified atom stereocenters. The van der Waals surface area contributed by atoms with Crippen molar-refractivity contribution < 1.29 is 9.90 Å². The molecule has 0 saturated carbocycles. The van der Waals surface area contributed by atoms with Gasteiger partial charge < -0.3 is 5.11 Å². The first-order valence-corrected chi connectivity index (χ1v) is 8.29. The second-order valence-corrected chi connectivity index (χ2v) is 6.57. The van der Waals surface area contributed by atoms with Gasteiger partial charge in [-0.25, -0.2) is 4.98 Å². The molecule has 0 aliphatic rings. The van der Waals surface area contributed by atoms with Crippen LogP contribution in [0.1, 0.15) is 0 Å². The number of carboxylic acid groups (broad SMARTS) is 1. The third-order valence-corrected chi connectivity index (χ3v) is 4.52. The average molecular weight is 410 g/mol. The molecule has 3 rings (SSSR count). The number of aromatic nitrogens is 2. The van der Waals surface area contributed by atoms with Crippen molar-refractivity contribution in [3.8, 4) is 5.69 Å². The first kappa shape index (κ1) is 14.4. The highest BCUT2D eigenvalue weighted by Gasteiger charge is 2.14. The molecule has 3 aromatic rings.